The molecule has 35 heavy (non-hydrogen) atoms. The molecule has 3 heterocycles. The van der Waals surface area contributed by atoms with Crippen molar-refractivity contribution < 1.29 is 14.0 Å². The van der Waals surface area contributed by atoms with Crippen LogP contribution in [0.1, 0.15) is 31.2 Å². The zero-order chi connectivity index (χ0) is 24.2. The highest BCUT2D eigenvalue weighted by Gasteiger charge is 2.27. The van der Waals surface area contributed by atoms with E-state index in [1.807, 2.05) is 17.5 Å². The number of hydrogen-bond donors (Lipinski definition) is 4. The minimum Gasteiger partial charge on any atom is -0.351 e. The SMILES string of the molecule is O=C1NC(=O)/C(=C/C2=CC=NC(NC3CCC(NCc4ccc(F)cc4-c4ccsc4)CC3)N2)S1. The highest BCUT2D eigenvalue weighted by atomic mass is 32.2. The van der Waals surface area contributed by atoms with Gasteiger partial charge in [-0.3, -0.25) is 25.2 Å². The molecule has 4 N–H and O–H groups in total. The van der Waals surface area contributed by atoms with E-state index >= 15 is 0 Å². The molecule has 1 saturated carbocycles. The number of hydrogen-bond acceptors (Lipinski definition) is 8. The molecule has 3 aliphatic rings. The number of benzene rings is 1. The van der Waals surface area contributed by atoms with Gasteiger partial charge in [-0.05, 0) is 95.2 Å². The second-order valence-electron chi connectivity index (χ2n) is 8.73. The fourth-order valence-corrected chi connectivity index (χ4v) is 5.85. The molecule has 2 fully saturated rings. The molecular weight excluding hydrogens is 485 g/mol. The van der Waals surface area contributed by atoms with Crippen molar-refractivity contribution in [1.82, 2.24) is 21.3 Å². The first kappa shape index (κ1) is 23.9. The Labute approximate surface area is 211 Å². The average Bonchev–Trinajstić information content (AvgIpc) is 3.49. The van der Waals surface area contributed by atoms with Crippen LogP contribution in [0, 0.1) is 5.82 Å². The Hall–Kier alpha value is -2.79. The van der Waals surface area contributed by atoms with Crippen molar-refractivity contribution in [3.05, 3.63) is 69.2 Å². The van der Waals surface area contributed by atoms with E-state index in [0.717, 1.165) is 59.8 Å². The summed E-state index contributed by atoms with van der Waals surface area (Å²) in [6, 6.07) is 7.78. The highest BCUT2D eigenvalue weighted by molar-refractivity contribution is 8.18. The van der Waals surface area contributed by atoms with Gasteiger partial charge in [0.1, 0.15) is 5.82 Å². The van der Waals surface area contributed by atoms with Crippen LogP contribution in [-0.2, 0) is 11.3 Å². The van der Waals surface area contributed by atoms with Crippen molar-refractivity contribution >= 4 is 40.5 Å². The van der Waals surface area contributed by atoms with Crippen LogP contribution in [0.3, 0.4) is 0 Å². The molecule has 0 spiro atoms. The van der Waals surface area contributed by atoms with Gasteiger partial charge in [0.15, 0.2) is 6.29 Å². The molecule has 0 bridgehead atoms. The molecule has 10 heteroatoms. The Balaban J connectivity index is 1.10. The molecular formula is C25H26FN5O2S2. The lowest BCUT2D eigenvalue weighted by molar-refractivity contribution is -0.115. The lowest BCUT2D eigenvalue weighted by Crippen LogP contribution is -2.49. The summed E-state index contributed by atoms with van der Waals surface area (Å²) < 4.78 is 13.8. The molecule has 1 aromatic carbocycles. The molecule has 1 atom stereocenters. The number of carbonyl (C=O) groups excluding carboxylic acids is 2. The summed E-state index contributed by atoms with van der Waals surface area (Å²) in [5.41, 5.74) is 3.85. The van der Waals surface area contributed by atoms with Crippen LogP contribution in [-0.4, -0.2) is 35.7 Å². The van der Waals surface area contributed by atoms with Gasteiger partial charge < -0.3 is 10.6 Å². The molecule has 7 nitrogen and oxygen atoms in total. The van der Waals surface area contributed by atoms with Crippen LogP contribution < -0.4 is 21.3 Å². The van der Waals surface area contributed by atoms with E-state index in [2.05, 4.69) is 31.6 Å². The van der Waals surface area contributed by atoms with Crippen LogP contribution in [0.5, 0.6) is 0 Å². The van der Waals surface area contributed by atoms with Gasteiger partial charge in [0.25, 0.3) is 11.1 Å². The molecule has 182 valence electrons. The molecule has 2 amide bonds. The Morgan fingerprint density at radius 1 is 1.14 bits per heavy atom. The molecule has 1 aliphatic carbocycles. The van der Waals surface area contributed by atoms with Crippen molar-refractivity contribution in [2.75, 3.05) is 0 Å². The zero-order valence-corrected chi connectivity index (χ0v) is 20.6. The molecule has 1 aromatic heterocycles. The van der Waals surface area contributed by atoms with Crippen LogP contribution in [0.25, 0.3) is 11.1 Å². The van der Waals surface area contributed by atoms with Gasteiger partial charge in [0, 0.05) is 30.5 Å². The van der Waals surface area contributed by atoms with Crippen LogP contribution in [0.15, 0.2) is 62.8 Å². The number of halogens is 1. The van der Waals surface area contributed by atoms with Crippen molar-refractivity contribution in [1.29, 1.82) is 0 Å². The second-order valence-corrected chi connectivity index (χ2v) is 10.5. The summed E-state index contributed by atoms with van der Waals surface area (Å²) in [5.74, 6) is -0.586. The summed E-state index contributed by atoms with van der Waals surface area (Å²) in [5, 5.41) is 16.4. The van der Waals surface area contributed by atoms with E-state index < -0.39 is 0 Å². The molecule has 1 unspecified atom stereocenters. The summed E-state index contributed by atoms with van der Waals surface area (Å²) in [6.07, 6.45) is 8.98. The number of aliphatic imine (C=N–C) groups is 1. The summed E-state index contributed by atoms with van der Waals surface area (Å²) >= 11 is 2.51. The fraction of sp³-hybridized carbons (Fsp3) is 0.320. The maximum absolute atomic E-state index is 13.8. The van der Waals surface area contributed by atoms with Gasteiger partial charge in [0.05, 0.1) is 4.91 Å². The lowest BCUT2D eigenvalue weighted by Gasteiger charge is -2.33. The van der Waals surface area contributed by atoms with Crippen molar-refractivity contribution in [3.8, 4) is 11.1 Å². The van der Waals surface area contributed by atoms with Crippen molar-refractivity contribution in [2.45, 2.75) is 50.6 Å². The van der Waals surface area contributed by atoms with Crippen molar-refractivity contribution in [3.63, 3.8) is 0 Å². The van der Waals surface area contributed by atoms with Gasteiger partial charge in [-0.25, -0.2) is 4.39 Å². The monoisotopic (exact) mass is 511 g/mol. The number of nitrogens with one attached hydrogen (secondary N) is 4. The molecule has 0 radical (unpaired) electrons. The predicted molar refractivity (Wildman–Crippen MR) is 138 cm³/mol. The minimum atomic E-state index is -0.372. The third-order valence-corrected chi connectivity index (χ3v) is 7.82. The number of amides is 2. The van der Waals surface area contributed by atoms with Gasteiger partial charge in [0.2, 0.25) is 0 Å². The van der Waals surface area contributed by atoms with E-state index in [-0.39, 0.29) is 23.3 Å². The minimum absolute atomic E-state index is 0.214. The van der Waals surface area contributed by atoms with E-state index in [9.17, 15) is 14.0 Å². The van der Waals surface area contributed by atoms with E-state index in [1.54, 1.807) is 35.8 Å². The Morgan fingerprint density at radius 2 is 1.97 bits per heavy atom. The third kappa shape index (κ3) is 6.07. The number of carbonyl (C=O) groups is 2. The quantitative estimate of drug-likeness (QED) is 0.415. The third-order valence-electron chi connectivity index (χ3n) is 6.33. The number of rotatable bonds is 7. The van der Waals surface area contributed by atoms with Gasteiger partial charge in [-0.15, -0.1) is 0 Å². The number of allylic oxidation sites excluding steroid dienone is 2. The number of thioether (sulfide) groups is 1. The Morgan fingerprint density at radius 3 is 2.71 bits per heavy atom. The Kier molecular flexibility index (Phi) is 7.43. The van der Waals surface area contributed by atoms with Crippen molar-refractivity contribution in [2.24, 2.45) is 4.99 Å². The van der Waals surface area contributed by atoms with Crippen LogP contribution >= 0.6 is 23.1 Å². The first-order valence-electron chi connectivity index (χ1n) is 11.6. The summed E-state index contributed by atoms with van der Waals surface area (Å²) in [7, 11) is 0. The van der Waals surface area contributed by atoms with E-state index in [1.165, 1.54) is 6.07 Å². The predicted octanol–water partition coefficient (Wildman–Crippen LogP) is 4.25. The first-order valence-corrected chi connectivity index (χ1v) is 13.3. The molecule has 1 saturated heterocycles. The summed E-state index contributed by atoms with van der Waals surface area (Å²) in [6.45, 7) is 0.708. The Bertz CT molecular complexity index is 1190. The zero-order valence-electron chi connectivity index (χ0n) is 18.9. The maximum Gasteiger partial charge on any atom is 0.290 e. The van der Waals surface area contributed by atoms with Gasteiger partial charge in [-0.2, -0.15) is 11.3 Å². The average molecular weight is 512 g/mol. The smallest absolute Gasteiger partial charge is 0.290 e. The highest BCUT2D eigenvalue weighted by Crippen LogP contribution is 2.28. The standard InChI is InChI=1S/C25H26FN5O2S2/c26-17-2-1-15(21(11-17)16-8-10-34-14-16)13-28-18-3-5-19(6-4-18)29-24-27-9-7-20(30-24)12-22-23(32)31-25(33)35-22/h1-2,7-12,14,18-19,24,28-30H,3-6,13H2,(H,31,32,33)/b22-12-. The topological polar surface area (TPSA) is 94.6 Å². The molecule has 2 aliphatic heterocycles. The molecule has 2 aromatic rings. The van der Waals surface area contributed by atoms with Crippen LogP contribution in [0.4, 0.5) is 9.18 Å². The van der Waals surface area contributed by atoms with Gasteiger partial charge in [-0.1, -0.05) is 6.07 Å². The number of nitrogens with zero attached hydrogens (tertiary/aromatic N) is 1. The molecule has 5 rings (SSSR count). The maximum atomic E-state index is 13.8. The normalized spacial score (nSPS) is 25.5. The number of thiophene rings is 1. The van der Waals surface area contributed by atoms with E-state index in [0.29, 0.717) is 23.5 Å². The first-order chi connectivity index (χ1) is 17.0. The largest absolute Gasteiger partial charge is 0.351 e. The summed E-state index contributed by atoms with van der Waals surface area (Å²) in [4.78, 5) is 28.0. The lowest BCUT2D eigenvalue weighted by atomic mass is 9.90. The second kappa shape index (κ2) is 10.9. The number of imide groups is 1. The fourth-order valence-electron chi connectivity index (χ4n) is 4.52. The van der Waals surface area contributed by atoms with Gasteiger partial charge >= 0.3 is 0 Å². The van der Waals surface area contributed by atoms with E-state index in [4.69, 9.17) is 0 Å². The van der Waals surface area contributed by atoms with Crippen LogP contribution in [0.2, 0.25) is 0 Å².